The summed E-state index contributed by atoms with van der Waals surface area (Å²) in [4.78, 5) is 0. The number of dihydropyridines is 1. The van der Waals surface area contributed by atoms with Gasteiger partial charge >= 0.3 is 0 Å². The summed E-state index contributed by atoms with van der Waals surface area (Å²) >= 11 is 0. The molecular weight excluding hydrogens is 372 g/mol. The average Bonchev–Trinajstić information content (AvgIpc) is 3.51. The van der Waals surface area contributed by atoms with Gasteiger partial charge in [0.05, 0.1) is 29.7 Å². The van der Waals surface area contributed by atoms with E-state index in [1.54, 1.807) is 0 Å². The molecule has 0 bridgehead atoms. The molecule has 0 spiro atoms. The smallest absolute Gasteiger partial charge is 0.0763 e. The fourth-order valence-electron chi connectivity index (χ4n) is 5.49. The summed E-state index contributed by atoms with van der Waals surface area (Å²) in [5.41, 5.74) is 11.2. The Morgan fingerprint density at radius 1 is 1.17 bits per heavy atom. The summed E-state index contributed by atoms with van der Waals surface area (Å²) in [6, 6.07) is 0.401. The van der Waals surface area contributed by atoms with E-state index < -0.39 is 0 Å². The Kier molecular flexibility index (Phi) is 5.40. The van der Waals surface area contributed by atoms with Crippen molar-refractivity contribution in [3.63, 3.8) is 0 Å². The number of rotatable bonds is 7. The van der Waals surface area contributed by atoms with Crippen molar-refractivity contribution in [3.8, 4) is 0 Å². The Hall–Kier alpha value is -2.50. The van der Waals surface area contributed by atoms with Gasteiger partial charge in [-0.2, -0.15) is 10.2 Å². The van der Waals surface area contributed by atoms with Crippen LogP contribution in [0.25, 0.3) is 0 Å². The van der Waals surface area contributed by atoms with Crippen molar-refractivity contribution >= 4 is 6.21 Å². The molecule has 3 heterocycles. The molecule has 1 saturated carbocycles. The Morgan fingerprint density at radius 2 is 2.03 bits per heavy atom. The minimum Gasteiger partial charge on any atom is -0.384 e. The third-order valence-electron chi connectivity index (χ3n) is 7.12. The van der Waals surface area contributed by atoms with Gasteiger partial charge < -0.3 is 16.1 Å². The van der Waals surface area contributed by atoms with Crippen molar-refractivity contribution in [2.45, 2.75) is 70.9 Å². The predicted octanol–water partition coefficient (Wildman–Crippen LogP) is 3.98. The molecule has 1 aromatic rings. The highest BCUT2D eigenvalue weighted by molar-refractivity contribution is 5.75. The lowest BCUT2D eigenvalue weighted by molar-refractivity contribution is 0.525. The van der Waals surface area contributed by atoms with Gasteiger partial charge in [0, 0.05) is 29.9 Å². The summed E-state index contributed by atoms with van der Waals surface area (Å²) in [6.45, 7) is 5.37. The molecule has 5 rings (SSSR count). The topological polar surface area (TPSA) is 77.1 Å². The number of allylic oxidation sites excluding steroid dienone is 1. The van der Waals surface area contributed by atoms with E-state index in [4.69, 9.17) is 0 Å². The van der Waals surface area contributed by atoms with Gasteiger partial charge in [-0.05, 0) is 49.3 Å². The van der Waals surface area contributed by atoms with Crippen LogP contribution in [-0.2, 0) is 0 Å². The van der Waals surface area contributed by atoms with Crippen molar-refractivity contribution in [3.05, 3.63) is 52.1 Å². The highest BCUT2D eigenvalue weighted by atomic mass is 15.3. The zero-order chi connectivity index (χ0) is 20.5. The molecule has 1 fully saturated rings. The van der Waals surface area contributed by atoms with E-state index in [1.165, 1.54) is 73.0 Å². The Morgan fingerprint density at radius 3 is 2.80 bits per heavy atom. The lowest BCUT2D eigenvalue weighted by Gasteiger charge is -2.38. The molecule has 2 aliphatic carbocycles. The third-order valence-corrected chi connectivity index (χ3v) is 7.12. The molecule has 4 aliphatic rings. The van der Waals surface area contributed by atoms with Crippen molar-refractivity contribution in [2.75, 3.05) is 6.54 Å². The van der Waals surface area contributed by atoms with E-state index in [0.717, 1.165) is 12.2 Å². The van der Waals surface area contributed by atoms with Crippen LogP contribution >= 0.6 is 0 Å². The average molecular weight is 407 g/mol. The number of hydrogen-bond acceptors (Lipinski definition) is 5. The molecule has 3 atom stereocenters. The summed E-state index contributed by atoms with van der Waals surface area (Å²) in [5, 5.41) is 19.5. The first-order valence-electron chi connectivity index (χ1n) is 11.7. The van der Waals surface area contributed by atoms with Gasteiger partial charge in [-0.1, -0.05) is 38.7 Å². The molecule has 3 unspecified atom stereocenters. The van der Waals surface area contributed by atoms with E-state index in [1.807, 2.05) is 6.20 Å². The first kappa shape index (κ1) is 19.5. The number of aryl methyl sites for hydroxylation is 1. The fourth-order valence-corrected chi connectivity index (χ4v) is 5.49. The molecule has 160 valence electrons. The second kappa shape index (κ2) is 8.32. The standard InChI is InChI=1S/C24H34N6/c1-3-4-7-10-25-22-12-21-19(14-27-30-21)23-17(16-8-5-6-9-16)11-20(28-24(22)23)18-13-26-29-15(18)2/h11-14,16,19-21,25,28,30H,3-10H2,1-2H3,(H,26,29). The van der Waals surface area contributed by atoms with Crippen molar-refractivity contribution < 1.29 is 0 Å². The second-order valence-electron chi connectivity index (χ2n) is 9.14. The van der Waals surface area contributed by atoms with Crippen LogP contribution in [0.3, 0.4) is 0 Å². The zero-order valence-corrected chi connectivity index (χ0v) is 18.2. The fraction of sp³-hybridized carbons (Fsp3) is 0.583. The monoisotopic (exact) mass is 406 g/mol. The normalized spacial score (nSPS) is 27.9. The number of H-pyrrole nitrogens is 1. The van der Waals surface area contributed by atoms with Gasteiger partial charge in [0.1, 0.15) is 0 Å². The summed E-state index contributed by atoms with van der Waals surface area (Å²) in [7, 11) is 0. The Labute approximate surface area is 179 Å². The lowest BCUT2D eigenvalue weighted by Crippen LogP contribution is -2.41. The molecule has 2 aliphatic heterocycles. The van der Waals surface area contributed by atoms with E-state index in [0.29, 0.717) is 11.8 Å². The number of fused-ring (bicyclic) bond motifs is 2. The van der Waals surface area contributed by atoms with Crippen molar-refractivity contribution in [2.24, 2.45) is 16.9 Å². The molecule has 0 radical (unpaired) electrons. The maximum absolute atomic E-state index is 4.46. The molecule has 0 aromatic carbocycles. The highest BCUT2D eigenvalue weighted by Crippen LogP contribution is 2.45. The molecule has 0 amide bonds. The van der Waals surface area contributed by atoms with Crippen molar-refractivity contribution in [1.29, 1.82) is 0 Å². The maximum Gasteiger partial charge on any atom is 0.0763 e. The number of hydrogen-bond donors (Lipinski definition) is 4. The third kappa shape index (κ3) is 3.46. The molecule has 6 nitrogen and oxygen atoms in total. The van der Waals surface area contributed by atoms with Crippen LogP contribution in [0.1, 0.15) is 69.2 Å². The van der Waals surface area contributed by atoms with E-state index >= 15 is 0 Å². The predicted molar refractivity (Wildman–Crippen MR) is 121 cm³/mol. The number of unbranched alkanes of at least 4 members (excludes halogenated alkanes) is 2. The van der Waals surface area contributed by atoms with Gasteiger partial charge in [-0.3, -0.25) is 5.10 Å². The second-order valence-corrected chi connectivity index (χ2v) is 9.14. The number of aromatic nitrogens is 2. The number of aromatic amines is 1. The van der Waals surface area contributed by atoms with Crippen molar-refractivity contribution in [1.82, 2.24) is 26.3 Å². The number of nitrogens with zero attached hydrogens (tertiary/aromatic N) is 2. The van der Waals surface area contributed by atoms with E-state index in [2.05, 4.69) is 63.6 Å². The molecule has 1 aromatic heterocycles. The van der Waals surface area contributed by atoms with Crippen LogP contribution in [0, 0.1) is 18.8 Å². The Balaban J connectivity index is 1.53. The van der Waals surface area contributed by atoms with Gasteiger partial charge in [0.15, 0.2) is 0 Å². The Bertz CT molecular complexity index is 899. The first-order valence-corrected chi connectivity index (χ1v) is 11.7. The summed E-state index contributed by atoms with van der Waals surface area (Å²) in [6.07, 6.45) is 17.9. The zero-order valence-electron chi connectivity index (χ0n) is 18.2. The molecule has 30 heavy (non-hydrogen) atoms. The summed E-state index contributed by atoms with van der Waals surface area (Å²) in [5.74, 6) is 0.966. The summed E-state index contributed by atoms with van der Waals surface area (Å²) < 4.78 is 0. The van der Waals surface area contributed by atoms with Gasteiger partial charge in [0.25, 0.3) is 0 Å². The minimum atomic E-state index is 0.154. The van der Waals surface area contributed by atoms with Crippen LogP contribution in [0.4, 0.5) is 0 Å². The van der Waals surface area contributed by atoms with Crippen LogP contribution in [0.15, 0.2) is 46.0 Å². The number of nitrogens with one attached hydrogen (secondary N) is 4. The van der Waals surface area contributed by atoms with Gasteiger partial charge in [0.2, 0.25) is 0 Å². The SMILES string of the molecule is CCCCCNC1=CC2NN=CC2C2=C1NC(c1cn[nH]c1C)C=C2C1CCCC1. The van der Waals surface area contributed by atoms with Crippen LogP contribution in [0.5, 0.6) is 0 Å². The highest BCUT2D eigenvalue weighted by Gasteiger charge is 2.40. The lowest BCUT2D eigenvalue weighted by atomic mass is 9.74. The largest absolute Gasteiger partial charge is 0.384 e. The van der Waals surface area contributed by atoms with Gasteiger partial charge in [-0.25, -0.2) is 0 Å². The number of hydrazone groups is 1. The molecule has 6 heteroatoms. The minimum absolute atomic E-state index is 0.154. The van der Waals surface area contributed by atoms with E-state index in [9.17, 15) is 0 Å². The van der Waals surface area contributed by atoms with E-state index in [-0.39, 0.29) is 12.1 Å². The molecular formula is C24H34N6. The molecule has 4 N–H and O–H groups in total. The van der Waals surface area contributed by atoms with Crippen LogP contribution in [0.2, 0.25) is 0 Å². The maximum atomic E-state index is 4.46. The first-order chi connectivity index (χ1) is 14.8. The van der Waals surface area contributed by atoms with Gasteiger partial charge in [-0.15, -0.1) is 0 Å². The quantitative estimate of drug-likeness (QED) is 0.517. The molecule has 0 saturated heterocycles. The van der Waals surface area contributed by atoms with Crippen LogP contribution < -0.4 is 16.1 Å². The van der Waals surface area contributed by atoms with Crippen LogP contribution in [-0.4, -0.2) is 29.0 Å².